The van der Waals surface area contributed by atoms with Gasteiger partial charge in [0.2, 0.25) is 5.91 Å². The average molecular weight is 642 g/mol. The first-order valence-corrected chi connectivity index (χ1v) is 19.8. The fraction of sp³-hybridized carbons (Fsp3) is 0.974. The normalized spacial score (nSPS) is 14.5. The maximum Gasteiger partial charge on any atom is 0.249 e. The minimum Gasteiger partial charge on any atom is -0.394 e. The predicted octanol–water partition coefficient (Wildman–Crippen LogP) is 9.54. The molecule has 0 spiro atoms. The summed E-state index contributed by atoms with van der Waals surface area (Å²) in [5.74, 6) is 0.208. The molecule has 0 aromatic heterocycles. The zero-order valence-electron chi connectivity index (χ0n) is 30.3. The van der Waals surface area contributed by atoms with Crippen molar-refractivity contribution in [1.29, 1.82) is 0 Å². The molecule has 4 atom stereocenters. The summed E-state index contributed by atoms with van der Waals surface area (Å²) in [5, 5.41) is 43.5. The van der Waals surface area contributed by atoms with Crippen LogP contribution in [0.25, 0.3) is 0 Å². The number of hydrogen-bond acceptors (Lipinski definition) is 5. The number of nitrogens with one attached hydrogen (secondary N) is 1. The van der Waals surface area contributed by atoms with Crippen LogP contribution in [0.3, 0.4) is 0 Å². The highest BCUT2D eigenvalue weighted by Gasteiger charge is 2.28. The van der Waals surface area contributed by atoms with Crippen molar-refractivity contribution < 1.29 is 25.2 Å². The van der Waals surface area contributed by atoms with Crippen LogP contribution in [0.15, 0.2) is 0 Å². The molecule has 0 bridgehead atoms. The van der Waals surface area contributed by atoms with E-state index in [2.05, 4.69) is 26.1 Å². The molecule has 0 fully saturated rings. The van der Waals surface area contributed by atoms with Gasteiger partial charge in [-0.3, -0.25) is 4.79 Å². The molecule has 0 aliphatic carbocycles. The van der Waals surface area contributed by atoms with Gasteiger partial charge >= 0.3 is 0 Å². The molecular formula is C39H79NO5. The number of unbranched alkanes of at least 4 members (excludes halogenated alkanes) is 24. The van der Waals surface area contributed by atoms with E-state index in [-0.39, 0.29) is 0 Å². The van der Waals surface area contributed by atoms with Crippen LogP contribution in [-0.4, -0.2) is 57.3 Å². The Hall–Kier alpha value is -0.690. The molecule has 4 unspecified atom stereocenters. The lowest BCUT2D eigenvalue weighted by Crippen LogP contribution is -2.53. The number of aliphatic hydroxyl groups excluding tert-OH is 4. The molecule has 0 heterocycles. The van der Waals surface area contributed by atoms with Gasteiger partial charge in [0.15, 0.2) is 0 Å². The van der Waals surface area contributed by atoms with Crippen LogP contribution in [0.4, 0.5) is 0 Å². The van der Waals surface area contributed by atoms with Gasteiger partial charge in [0.1, 0.15) is 12.2 Å². The van der Waals surface area contributed by atoms with E-state index in [4.69, 9.17) is 0 Å². The Labute approximate surface area is 279 Å². The highest BCUT2D eigenvalue weighted by molar-refractivity contribution is 5.80. The Kier molecular flexibility index (Phi) is 32.7. The molecule has 0 aromatic carbocycles. The first kappa shape index (κ1) is 44.3. The summed E-state index contributed by atoms with van der Waals surface area (Å²) in [6.07, 6.45) is 31.3. The van der Waals surface area contributed by atoms with Crippen LogP contribution >= 0.6 is 0 Å². The third-order valence-electron chi connectivity index (χ3n) is 9.50. The number of carbonyl (C=O) groups is 1. The smallest absolute Gasteiger partial charge is 0.249 e. The molecule has 0 saturated carbocycles. The van der Waals surface area contributed by atoms with Crippen LogP contribution in [0.5, 0.6) is 0 Å². The zero-order chi connectivity index (χ0) is 33.4. The largest absolute Gasteiger partial charge is 0.394 e. The fourth-order valence-electron chi connectivity index (χ4n) is 6.29. The van der Waals surface area contributed by atoms with Crippen molar-refractivity contribution in [2.75, 3.05) is 6.61 Å². The van der Waals surface area contributed by atoms with E-state index < -0.39 is 36.9 Å². The van der Waals surface area contributed by atoms with Gasteiger partial charge in [-0.1, -0.05) is 194 Å². The average Bonchev–Trinajstić information content (AvgIpc) is 3.03. The van der Waals surface area contributed by atoms with E-state index in [1.165, 1.54) is 135 Å². The highest BCUT2D eigenvalue weighted by atomic mass is 16.3. The molecule has 0 aliphatic heterocycles. The lowest BCUT2D eigenvalue weighted by atomic mass is 9.99. The molecule has 0 saturated heterocycles. The fourth-order valence-corrected chi connectivity index (χ4v) is 6.29. The molecule has 0 aromatic rings. The van der Waals surface area contributed by atoms with Gasteiger partial charge < -0.3 is 25.7 Å². The van der Waals surface area contributed by atoms with Crippen LogP contribution in [0, 0.1) is 5.92 Å². The van der Waals surface area contributed by atoms with Crippen molar-refractivity contribution in [1.82, 2.24) is 5.32 Å². The van der Waals surface area contributed by atoms with E-state index in [1.807, 2.05) is 0 Å². The summed E-state index contributed by atoms with van der Waals surface area (Å²) >= 11 is 0. The van der Waals surface area contributed by atoms with E-state index in [9.17, 15) is 25.2 Å². The lowest BCUT2D eigenvalue weighted by molar-refractivity contribution is -0.132. The van der Waals surface area contributed by atoms with Crippen molar-refractivity contribution in [2.45, 2.75) is 231 Å². The topological polar surface area (TPSA) is 110 Å². The van der Waals surface area contributed by atoms with Crippen LogP contribution in [0.2, 0.25) is 0 Å². The van der Waals surface area contributed by atoms with Crippen LogP contribution in [-0.2, 0) is 4.79 Å². The minimum absolute atomic E-state index is 0.374. The Morgan fingerprint density at radius 2 is 0.844 bits per heavy atom. The SMILES string of the molecule is CCCCCCCCCCCCCCCCCCCCC(O)C(=O)NC(CO)C(O)C(O)CCCCCCCCCCC(C)C. The Balaban J connectivity index is 3.73. The van der Waals surface area contributed by atoms with Crippen LogP contribution in [0.1, 0.15) is 207 Å². The summed E-state index contributed by atoms with van der Waals surface area (Å²) in [4.78, 5) is 12.4. The van der Waals surface area contributed by atoms with Crippen molar-refractivity contribution in [3.63, 3.8) is 0 Å². The molecule has 6 heteroatoms. The summed E-state index contributed by atoms with van der Waals surface area (Å²) < 4.78 is 0. The van der Waals surface area contributed by atoms with E-state index in [0.29, 0.717) is 12.8 Å². The molecule has 5 N–H and O–H groups in total. The summed E-state index contributed by atoms with van der Waals surface area (Å²) in [5.41, 5.74) is 0. The molecule has 1 amide bonds. The number of carbonyl (C=O) groups excluding carboxylic acids is 1. The van der Waals surface area contributed by atoms with Crippen molar-refractivity contribution >= 4 is 5.91 Å². The Morgan fingerprint density at radius 3 is 1.20 bits per heavy atom. The molecule has 6 nitrogen and oxygen atoms in total. The molecule has 270 valence electrons. The van der Waals surface area contributed by atoms with Gasteiger partial charge in [-0.25, -0.2) is 0 Å². The minimum atomic E-state index is -1.25. The van der Waals surface area contributed by atoms with Gasteiger partial charge in [0.05, 0.1) is 18.8 Å². The predicted molar refractivity (Wildman–Crippen MR) is 191 cm³/mol. The maximum absolute atomic E-state index is 12.4. The molecule has 45 heavy (non-hydrogen) atoms. The van der Waals surface area contributed by atoms with Gasteiger partial charge in [-0.05, 0) is 18.8 Å². The van der Waals surface area contributed by atoms with Gasteiger partial charge in [0.25, 0.3) is 0 Å². The van der Waals surface area contributed by atoms with E-state index in [1.54, 1.807) is 0 Å². The second-order valence-corrected chi connectivity index (χ2v) is 14.5. The van der Waals surface area contributed by atoms with E-state index >= 15 is 0 Å². The zero-order valence-corrected chi connectivity index (χ0v) is 30.3. The van der Waals surface area contributed by atoms with Crippen molar-refractivity contribution in [3.8, 4) is 0 Å². The number of amides is 1. The monoisotopic (exact) mass is 642 g/mol. The lowest BCUT2D eigenvalue weighted by Gasteiger charge is -2.27. The second kappa shape index (κ2) is 33.2. The first-order valence-electron chi connectivity index (χ1n) is 19.8. The Morgan fingerprint density at radius 1 is 0.511 bits per heavy atom. The van der Waals surface area contributed by atoms with Crippen LogP contribution < -0.4 is 5.32 Å². The van der Waals surface area contributed by atoms with Gasteiger partial charge in [-0.15, -0.1) is 0 Å². The summed E-state index contributed by atoms with van der Waals surface area (Å²) in [6, 6.07) is -0.978. The standard InChI is InChI=1S/C39H79NO5/c1-4-5-6-7-8-9-10-11-12-13-14-15-16-17-18-23-26-29-32-37(43)39(45)40-35(33-41)38(44)36(42)31-28-25-22-20-19-21-24-27-30-34(2)3/h34-38,41-44H,4-33H2,1-3H3,(H,40,45). The molecular weight excluding hydrogens is 562 g/mol. The molecule has 0 rings (SSSR count). The van der Waals surface area contributed by atoms with E-state index in [0.717, 1.165) is 44.4 Å². The van der Waals surface area contributed by atoms with Gasteiger partial charge in [0, 0.05) is 0 Å². The third-order valence-corrected chi connectivity index (χ3v) is 9.50. The number of aliphatic hydroxyl groups is 4. The quantitative estimate of drug-likeness (QED) is 0.0443. The van der Waals surface area contributed by atoms with Crippen molar-refractivity contribution in [3.05, 3.63) is 0 Å². The molecule has 0 radical (unpaired) electrons. The third kappa shape index (κ3) is 29.2. The number of hydrogen-bond donors (Lipinski definition) is 5. The molecule has 0 aliphatic rings. The first-order chi connectivity index (χ1) is 21.8. The second-order valence-electron chi connectivity index (χ2n) is 14.5. The number of rotatable bonds is 35. The summed E-state index contributed by atoms with van der Waals surface area (Å²) in [6.45, 7) is 6.34. The van der Waals surface area contributed by atoms with Gasteiger partial charge in [-0.2, -0.15) is 0 Å². The highest BCUT2D eigenvalue weighted by Crippen LogP contribution is 2.17. The Bertz CT molecular complexity index is 616. The maximum atomic E-state index is 12.4. The van der Waals surface area contributed by atoms with Crippen molar-refractivity contribution in [2.24, 2.45) is 5.92 Å². The summed E-state index contributed by atoms with van der Waals surface area (Å²) in [7, 11) is 0.